The lowest BCUT2D eigenvalue weighted by Gasteiger charge is -2.19. The predicted octanol–water partition coefficient (Wildman–Crippen LogP) is 2.96. The standard InChI is InChI=1S/C20H23F3N6O2/c1-11-3-4-16(31-20(21,22)23)14(7-11)12(2)29-17-15(27-19(29)30)10-26-18(28-17)25-9-13-5-6-24-8-13/h3-4,7,10,12-13,24H,5-6,8-9H2,1-2H3,(H,27,30)(H,25,26,28)/t12-,13-/m1/s1. The van der Waals surface area contributed by atoms with Crippen LogP contribution in [0.15, 0.2) is 29.2 Å². The number of nitrogens with zero attached hydrogens (tertiary/aromatic N) is 3. The first-order valence-corrected chi connectivity index (χ1v) is 9.99. The summed E-state index contributed by atoms with van der Waals surface area (Å²) >= 11 is 0. The number of alkyl halides is 3. The van der Waals surface area contributed by atoms with Crippen molar-refractivity contribution in [1.29, 1.82) is 0 Å². The van der Waals surface area contributed by atoms with Gasteiger partial charge in [-0.05, 0) is 45.3 Å². The molecule has 1 fully saturated rings. The highest BCUT2D eigenvalue weighted by Gasteiger charge is 2.33. The maximum absolute atomic E-state index is 12.9. The summed E-state index contributed by atoms with van der Waals surface area (Å²) < 4.78 is 44.2. The Morgan fingerprint density at radius 1 is 1.39 bits per heavy atom. The fourth-order valence-electron chi connectivity index (χ4n) is 3.84. The van der Waals surface area contributed by atoms with Crippen molar-refractivity contribution in [2.24, 2.45) is 5.92 Å². The lowest BCUT2D eigenvalue weighted by atomic mass is 10.0. The Hall–Kier alpha value is -3.08. The molecule has 1 aliphatic heterocycles. The van der Waals surface area contributed by atoms with Crippen LogP contribution in [0, 0.1) is 12.8 Å². The van der Waals surface area contributed by atoms with Crippen molar-refractivity contribution in [3.63, 3.8) is 0 Å². The van der Waals surface area contributed by atoms with Crippen LogP contribution < -0.4 is 21.1 Å². The molecule has 0 aliphatic carbocycles. The number of aryl methyl sites for hydroxylation is 1. The number of ether oxygens (including phenoxy) is 1. The van der Waals surface area contributed by atoms with E-state index in [9.17, 15) is 18.0 Å². The minimum absolute atomic E-state index is 0.227. The number of benzene rings is 1. The molecule has 0 bridgehead atoms. The van der Waals surface area contributed by atoms with Crippen molar-refractivity contribution in [1.82, 2.24) is 24.8 Å². The van der Waals surface area contributed by atoms with Crippen LogP contribution in [0.25, 0.3) is 11.2 Å². The highest BCUT2D eigenvalue weighted by Crippen LogP contribution is 2.33. The van der Waals surface area contributed by atoms with Crippen LogP contribution in [-0.4, -0.2) is 45.5 Å². The molecule has 31 heavy (non-hydrogen) atoms. The predicted molar refractivity (Wildman–Crippen MR) is 109 cm³/mol. The van der Waals surface area contributed by atoms with Crippen molar-refractivity contribution in [2.75, 3.05) is 25.0 Å². The van der Waals surface area contributed by atoms with E-state index in [1.54, 1.807) is 19.9 Å². The second kappa shape index (κ2) is 8.22. The molecule has 1 saturated heterocycles. The third kappa shape index (κ3) is 4.66. The van der Waals surface area contributed by atoms with Crippen molar-refractivity contribution in [3.05, 3.63) is 46.0 Å². The second-order valence-electron chi connectivity index (χ2n) is 7.74. The summed E-state index contributed by atoms with van der Waals surface area (Å²) in [6.07, 6.45) is -2.30. The topological polar surface area (TPSA) is 96.9 Å². The molecule has 3 heterocycles. The fraction of sp³-hybridized carbons (Fsp3) is 0.450. The van der Waals surface area contributed by atoms with Crippen LogP contribution in [0.2, 0.25) is 0 Å². The monoisotopic (exact) mass is 436 g/mol. The first-order chi connectivity index (χ1) is 14.7. The summed E-state index contributed by atoms with van der Waals surface area (Å²) in [5, 5.41) is 6.47. The average molecular weight is 436 g/mol. The molecule has 1 aliphatic rings. The van der Waals surface area contributed by atoms with Crippen LogP contribution in [0.4, 0.5) is 19.1 Å². The van der Waals surface area contributed by atoms with Crippen LogP contribution >= 0.6 is 0 Å². The highest BCUT2D eigenvalue weighted by atomic mass is 19.4. The van der Waals surface area contributed by atoms with Gasteiger partial charge >= 0.3 is 12.1 Å². The Morgan fingerprint density at radius 2 is 2.19 bits per heavy atom. The Morgan fingerprint density at radius 3 is 2.90 bits per heavy atom. The number of halogens is 3. The molecule has 0 unspecified atom stereocenters. The Bertz CT molecular complexity index is 1130. The summed E-state index contributed by atoms with van der Waals surface area (Å²) in [5.41, 5.74) is 1.18. The lowest BCUT2D eigenvalue weighted by Crippen LogP contribution is -2.24. The van der Waals surface area contributed by atoms with Gasteiger partial charge in [-0.25, -0.2) is 9.78 Å². The first-order valence-electron chi connectivity index (χ1n) is 9.99. The van der Waals surface area contributed by atoms with Gasteiger partial charge in [0.25, 0.3) is 0 Å². The molecule has 166 valence electrons. The van der Waals surface area contributed by atoms with Gasteiger partial charge in [0.15, 0.2) is 5.65 Å². The third-order valence-electron chi connectivity index (χ3n) is 5.40. The fourth-order valence-corrected chi connectivity index (χ4v) is 3.84. The molecule has 8 nitrogen and oxygen atoms in total. The molecule has 1 aromatic carbocycles. The van der Waals surface area contributed by atoms with Gasteiger partial charge in [-0.3, -0.25) is 4.57 Å². The van der Waals surface area contributed by atoms with E-state index in [1.807, 2.05) is 0 Å². The quantitative estimate of drug-likeness (QED) is 0.550. The zero-order valence-electron chi connectivity index (χ0n) is 17.1. The van der Waals surface area contributed by atoms with E-state index < -0.39 is 18.1 Å². The van der Waals surface area contributed by atoms with Gasteiger partial charge < -0.3 is 20.4 Å². The van der Waals surface area contributed by atoms with E-state index in [2.05, 4.69) is 30.3 Å². The van der Waals surface area contributed by atoms with E-state index in [4.69, 9.17) is 0 Å². The largest absolute Gasteiger partial charge is 0.573 e. The number of H-pyrrole nitrogens is 1. The summed E-state index contributed by atoms with van der Waals surface area (Å²) in [4.78, 5) is 24.0. The summed E-state index contributed by atoms with van der Waals surface area (Å²) in [6.45, 7) is 5.96. The van der Waals surface area contributed by atoms with E-state index in [0.717, 1.165) is 25.1 Å². The molecule has 2 aromatic heterocycles. The van der Waals surface area contributed by atoms with Gasteiger partial charge in [0, 0.05) is 12.1 Å². The molecule has 3 aromatic rings. The lowest BCUT2D eigenvalue weighted by molar-refractivity contribution is -0.275. The molecule has 0 radical (unpaired) electrons. The average Bonchev–Trinajstić information content (AvgIpc) is 3.32. The summed E-state index contributed by atoms with van der Waals surface area (Å²) in [6, 6.07) is 3.59. The van der Waals surface area contributed by atoms with Gasteiger partial charge in [0.2, 0.25) is 5.95 Å². The van der Waals surface area contributed by atoms with Crippen LogP contribution in [-0.2, 0) is 0 Å². The van der Waals surface area contributed by atoms with E-state index >= 15 is 0 Å². The number of imidazole rings is 1. The molecule has 0 amide bonds. The van der Waals surface area contributed by atoms with Crippen LogP contribution in [0.3, 0.4) is 0 Å². The van der Waals surface area contributed by atoms with Crippen LogP contribution in [0.5, 0.6) is 5.75 Å². The number of hydrogen-bond donors (Lipinski definition) is 3. The number of hydrogen-bond acceptors (Lipinski definition) is 6. The zero-order chi connectivity index (χ0) is 22.2. The Kier molecular flexibility index (Phi) is 5.61. The molecule has 4 rings (SSSR count). The molecule has 2 atom stereocenters. The van der Waals surface area contributed by atoms with Gasteiger partial charge in [-0.1, -0.05) is 17.7 Å². The smallest absolute Gasteiger partial charge is 0.405 e. The normalized spacial score (nSPS) is 17.8. The number of rotatable bonds is 6. The van der Waals surface area contributed by atoms with E-state index in [-0.39, 0.29) is 11.3 Å². The number of fused-ring (bicyclic) bond motifs is 1. The van der Waals surface area contributed by atoms with Gasteiger partial charge in [-0.15, -0.1) is 13.2 Å². The van der Waals surface area contributed by atoms with Crippen molar-refractivity contribution < 1.29 is 17.9 Å². The minimum atomic E-state index is -4.84. The summed E-state index contributed by atoms with van der Waals surface area (Å²) in [7, 11) is 0. The molecule has 3 N–H and O–H groups in total. The van der Waals surface area contributed by atoms with Gasteiger partial charge in [0.1, 0.15) is 11.3 Å². The minimum Gasteiger partial charge on any atom is -0.405 e. The first kappa shape index (κ1) is 21.2. The number of aromatic amines is 1. The van der Waals surface area contributed by atoms with Gasteiger partial charge in [0.05, 0.1) is 12.2 Å². The number of nitrogens with one attached hydrogen (secondary N) is 3. The molecule has 0 saturated carbocycles. The highest BCUT2D eigenvalue weighted by molar-refractivity contribution is 5.71. The third-order valence-corrected chi connectivity index (χ3v) is 5.40. The Labute approximate surface area is 175 Å². The molecule has 0 spiro atoms. The Balaban J connectivity index is 1.70. The summed E-state index contributed by atoms with van der Waals surface area (Å²) in [5.74, 6) is 0.462. The maximum atomic E-state index is 12.9. The van der Waals surface area contributed by atoms with Gasteiger partial charge in [-0.2, -0.15) is 4.98 Å². The van der Waals surface area contributed by atoms with Crippen molar-refractivity contribution >= 4 is 17.1 Å². The molecule has 11 heteroatoms. The second-order valence-corrected chi connectivity index (χ2v) is 7.74. The SMILES string of the molecule is Cc1ccc(OC(F)(F)F)c([C@@H](C)n2c(=O)[nH]c3cnc(NC[C@@H]4CCNC4)nc32)c1. The molecular weight excluding hydrogens is 413 g/mol. The van der Waals surface area contributed by atoms with Crippen LogP contribution in [0.1, 0.15) is 30.5 Å². The van der Waals surface area contributed by atoms with Crippen molar-refractivity contribution in [2.45, 2.75) is 32.7 Å². The molecular formula is C20H23F3N6O2. The number of aromatic nitrogens is 4. The maximum Gasteiger partial charge on any atom is 0.573 e. The van der Waals surface area contributed by atoms with E-state index in [0.29, 0.717) is 29.6 Å². The van der Waals surface area contributed by atoms with Crippen molar-refractivity contribution in [3.8, 4) is 5.75 Å². The number of anilines is 1. The zero-order valence-corrected chi connectivity index (χ0v) is 17.1. The van der Waals surface area contributed by atoms with E-state index in [1.165, 1.54) is 22.9 Å².